The van der Waals surface area contributed by atoms with Crippen LogP contribution in [0, 0.1) is 29.6 Å². The van der Waals surface area contributed by atoms with E-state index in [1.165, 1.54) is 44.9 Å². The lowest BCUT2D eigenvalue weighted by Crippen LogP contribution is -2.36. The molecule has 0 fully saturated rings. The highest BCUT2D eigenvalue weighted by molar-refractivity contribution is 4.76. The first-order valence-electron chi connectivity index (χ1n) is 10.5. The van der Waals surface area contributed by atoms with Crippen LogP contribution < -0.4 is 5.32 Å². The monoisotopic (exact) mass is 325 g/mol. The third-order valence-corrected chi connectivity index (χ3v) is 5.31. The van der Waals surface area contributed by atoms with Gasteiger partial charge in [-0.1, -0.05) is 68.2 Å². The van der Waals surface area contributed by atoms with Crippen molar-refractivity contribution in [1.29, 1.82) is 0 Å². The normalized spacial score (nSPS) is 18.7. The molecular weight excluding hydrogens is 278 g/mol. The Morgan fingerprint density at radius 2 is 1.22 bits per heavy atom. The van der Waals surface area contributed by atoms with Crippen LogP contribution in [0.4, 0.5) is 0 Å². The van der Waals surface area contributed by atoms with Gasteiger partial charge in [-0.3, -0.25) is 0 Å². The van der Waals surface area contributed by atoms with Gasteiger partial charge in [0.2, 0.25) is 0 Å². The van der Waals surface area contributed by atoms with Gasteiger partial charge in [-0.25, -0.2) is 0 Å². The molecule has 1 N–H and O–H groups in total. The molecule has 0 amide bonds. The van der Waals surface area contributed by atoms with Crippen LogP contribution in [-0.2, 0) is 0 Å². The Morgan fingerprint density at radius 3 is 1.70 bits per heavy atom. The van der Waals surface area contributed by atoms with Crippen molar-refractivity contribution in [2.24, 2.45) is 29.6 Å². The molecule has 0 bridgehead atoms. The van der Waals surface area contributed by atoms with E-state index < -0.39 is 0 Å². The van der Waals surface area contributed by atoms with E-state index >= 15 is 0 Å². The van der Waals surface area contributed by atoms with Crippen LogP contribution in [0.1, 0.15) is 100 Å². The summed E-state index contributed by atoms with van der Waals surface area (Å²) in [7, 11) is 0. The van der Waals surface area contributed by atoms with Gasteiger partial charge in [0.15, 0.2) is 0 Å². The lowest BCUT2D eigenvalue weighted by molar-refractivity contribution is 0.259. The summed E-state index contributed by atoms with van der Waals surface area (Å²) in [4.78, 5) is 0. The molecular formula is C22H47N. The fourth-order valence-electron chi connectivity index (χ4n) is 4.41. The van der Waals surface area contributed by atoms with E-state index in [2.05, 4.69) is 60.7 Å². The van der Waals surface area contributed by atoms with Crippen molar-refractivity contribution in [3.05, 3.63) is 0 Å². The van der Waals surface area contributed by atoms with E-state index in [4.69, 9.17) is 0 Å². The predicted molar refractivity (Wildman–Crippen MR) is 107 cm³/mol. The molecule has 0 aliphatic carbocycles. The first-order chi connectivity index (χ1) is 10.8. The highest BCUT2D eigenvalue weighted by Gasteiger charge is 2.20. The van der Waals surface area contributed by atoms with E-state index in [0.29, 0.717) is 6.04 Å². The average molecular weight is 326 g/mol. The first-order valence-corrected chi connectivity index (χ1v) is 10.5. The van der Waals surface area contributed by atoms with Crippen LogP contribution in [0.3, 0.4) is 0 Å². The third kappa shape index (κ3) is 12.0. The number of hydrogen-bond acceptors (Lipinski definition) is 1. The van der Waals surface area contributed by atoms with Gasteiger partial charge in [-0.05, 0) is 68.2 Å². The molecule has 0 saturated heterocycles. The SMILES string of the molecule is CCCCC(C)C(CC(C)CC(C)CC(C)CC(C)C)NCC. The van der Waals surface area contributed by atoms with E-state index in [9.17, 15) is 0 Å². The van der Waals surface area contributed by atoms with Gasteiger partial charge in [-0.2, -0.15) is 0 Å². The van der Waals surface area contributed by atoms with Gasteiger partial charge in [0.05, 0.1) is 0 Å². The molecule has 5 atom stereocenters. The maximum absolute atomic E-state index is 3.76. The smallest absolute Gasteiger partial charge is 0.00951 e. The zero-order chi connectivity index (χ0) is 17.8. The molecule has 5 unspecified atom stereocenters. The van der Waals surface area contributed by atoms with Crippen molar-refractivity contribution in [2.75, 3.05) is 6.54 Å². The highest BCUT2D eigenvalue weighted by Crippen LogP contribution is 2.27. The van der Waals surface area contributed by atoms with E-state index in [1.54, 1.807) is 0 Å². The summed E-state index contributed by atoms with van der Waals surface area (Å²) in [6.07, 6.45) is 9.60. The van der Waals surface area contributed by atoms with Crippen molar-refractivity contribution < 1.29 is 0 Å². The summed E-state index contributed by atoms with van der Waals surface area (Å²) in [5, 5.41) is 3.76. The molecule has 0 spiro atoms. The minimum absolute atomic E-state index is 0.710. The zero-order valence-electron chi connectivity index (χ0n) is 17.6. The molecule has 23 heavy (non-hydrogen) atoms. The van der Waals surface area contributed by atoms with Crippen LogP contribution in [0.5, 0.6) is 0 Å². The van der Waals surface area contributed by atoms with Crippen LogP contribution in [-0.4, -0.2) is 12.6 Å². The molecule has 0 aliphatic rings. The summed E-state index contributed by atoms with van der Waals surface area (Å²) in [5.41, 5.74) is 0. The van der Waals surface area contributed by atoms with Gasteiger partial charge in [-0.15, -0.1) is 0 Å². The van der Waals surface area contributed by atoms with Crippen molar-refractivity contribution >= 4 is 0 Å². The molecule has 1 nitrogen and oxygen atoms in total. The lowest BCUT2D eigenvalue weighted by atomic mass is 9.82. The maximum Gasteiger partial charge on any atom is 0.00951 e. The Morgan fingerprint density at radius 1 is 0.696 bits per heavy atom. The van der Waals surface area contributed by atoms with Crippen LogP contribution in [0.15, 0.2) is 0 Å². The fourth-order valence-corrected chi connectivity index (χ4v) is 4.41. The minimum Gasteiger partial charge on any atom is -0.314 e. The Kier molecular flexibility index (Phi) is 13.3. The molecule has 0 aromatic rings. The first kappa shape index (κ1) is 23.0. The second-order valence-corrected chi connectivity index (χ2v) is 8.94. The zero-order valence-corrected chi connectivity index (χ0v) is 17.6. The molecule has 0 rings (SSSR count). The van der Waals surface area contributed by atoms with Crippen molar-refractivity contribution in [1.82, 2.24) is 5.32 Å². The number of unbranched alkanes of at least 4 members (excludes halogenated alkanes) is 1. The Bertz CT molecular complexity index is 261. The molecule has 0 heterocycles. The topological polar surface area (TPSA) is 12.0 Å². The van der Waals surface area contributed by atoms with Gasteiger partial charge in [0.1, 0.15) is 0 Å². The van der Waals surface area contributed by atoms with Crippen LogP contribution in [0.2, 0.25) is 0 Å². The molecule has 0 aromatic carbocycles. The van der Waals surface area contributed by atoms with Crippen molar-refractivity contribution in [2.45, 2.75) is 106 Å². The van der Waals surface area contributed by atoms with Gasteiger partial charge in [0, 0.05) is 6.04 Å². The minimum atomic E-state index is 0.710. The lowest BCUT2D eigenvalue weighted by Gasteiger charge is -2.29. The summed E-state index contributed by atoms with van der Waals surface area (Å²) in [6, 6.07) is 0.710. The van der Waals surface area contributed by atoms with E-state index in [0.717, 1.165) is 36.1 Å². The maximum atomic E-state index is 3.76. The van der Waals surface area contributed by atoms with Crippen molar-refractivity contribution in [3.63, 3.8) is 0 Å². The Hall–Kier alpha value is -0.0400. The highest BCUT2D eigenvalue weighted by atomic mass is 14.9. The summed E-state index contributed by atoms with van der Waals surface area (Å²) in [6.45, 7) is 20.2. The Balaban J connectivity index is 4.26. The molecule has 140 valence electrons. The van der Waals surface area contributed by atoms with Crippen molar-refractivity contribution in [3.8, 4) is 0 Å². The molecule has 0 aliphatic heterocycles. The molecule has 0 aromatic heterocycles. The second-order valence-electron chi connectivity index (χ2n) is 8.94. The molecule has 0 saturated carbocycles. The standard InChI is InChI=1S/C22H47N/c1-9-11-12-21(8)22(23-10-2)16-20(7)15-19(6)14-18(5)13-17(3)4/h17-23H,9-16H2,1-8H3. The summed E-state index contributed by atoms with van der Waals surface area (Å²) < 4.78 is 0. The van der Waals surface area contributed by atoms with Gasteiger partial charge < -0.3 is 5.32 Å². The third-order valence-electron chi connectivity index (χ3n) is 5.31. The van der Waals surface area contributed by atoms with Crippen LogP contribution >= 0.6 is 0 Å². The largest absolute Gasteiger partial charge is 0.314 e. The number of nitrogens with one attached hydrogen (secondary N) is 1. The molecule has 0 radical (unpaired) electrons. The second kappa shape index (κ2) is 13.3. The summed E-state index contributed by atoms with van der Waals surface area (Å²) >= 11 is 0. The number of hydrogen-bond donors (Lipinski definition) is 1. The van der Waals surface area contributed by atoms with E-state index in [1.807, 2.05) is 0 Å². The summed E-state index contributed by atoms with van der Waals surface area (Å²) in [5.74, 6) is 4.24. The van der Waals surface area contributed by atoms with Gasteiger partial charge in [0.25, 0.3) is 0 Å². The quantitative estimate of drug-likeness (QED) is 0.365. The molecule has 1 heteroatoms. The Labute approximate surface area is 148 Å². The number of rotatable bonds is 14. The van der Waals surface area contributed by atoms with E-state index in [-0.39, 0.29) is 0 Å². The van der Waals surface area contributed by atoms with Crippen LogP contribution in [0.25, 0.3) is 0 Å². The fraction of sp³-hybridized carbons (Fsp3) is 1.00. The predicted octanol–water partition coefficient (Wildman–Crippen LogP) is 6.92. The average Bonchev–Trinajstić information content (AvgIpc) is 2.42. The van der Waals surface area contributed by atoms with Gasteiger partial charge >= 0.3 is 0 Å².